The van der Waals surface area contributed by atoms with Gasteiger partial charge in [-0.2, -0.15) is 4.31 Å². The summed E-state index contributed by atoms with van der Waals surface area (Å²) >= 11 is 0.725. The molecular formula is C11H14N2O6S2. The Bertz CT molecular complexity index is 653. The summed E-state index contributed by atoms with van der Waals surface area (Å²) in [6.45, 7) is 1.95. The predicted octanol–water partition coefficient (Wildman–Crippen LogP) is 0.558. The van der Waals surface area contributed by atoms with Gasteiger partial charge in [0.1, 0.15) is 6.04 Å². The van der Waals surface area contributed by atoms with E-state index in [1.54, 1.807) is 6.92 Å². The van der Waals surface area contributed by atoms with Crippen molar-refractivity contribution < 1.29 is 27.9 Å². The summed E-state index contributed by atoms with van der Waals surface area (Å²) in [6.07, 6.45) is 0.878. The van der Waals surface area contributed by atoms with Crippen molar-refractivity contribution in [2.75, 3.05) is 13.2 Å². The molecule has 0 spiro atoms. The fourth-order valence-corrected chi connectivity index (χ4v) is 5.07. The first-order valence-corrected chi connectivity index (χ1v) is 8.56. The van der Waals surface area contributed by atoms with E-state index >= 15 is 0 Å². The maximum atomic E-state index is 12.6. The number of carboxylic acids is 1. The van der Waals surface area contributed by atoms with Crippen LogP contribution in [-0.4, -0.2) is 53.9 Å². The Labute approximate surface area is 125 Å². The zero-order chi connectivity index (χ0) is 15.6. The summed E-state index contributed by atoms with van der Waals surface area (Å²) in [7, 11) is -4.08. The van der Waals surface area contributed by atoms with E-state index in [9.17, 15) is 18.0 Å². The number of aromatic nitrogens is 1. The average Bonchev–Trinajstić information content (AvgIpc) is 3.08. The largest absolute Gasteiger partial charge is 0.476 e. The molecule has 0 saturated carbocycles. The second kappa shape index (κ2) is 6.08. The first-order chi connectivity index (χ1) is 9.89. The predicted molar refractivity (Wildman–Crippen MR) is 72.6 cm³/mol. The Morgan fingerprint density at radius 2 is 2.29 bits per heavy atom. The lowest BCUT2D eigenvalue weighted by Gasteiger charge is -2.21. The number of carbonyl (C=O) groups is 2. The third-order valence-electron chi connectivity index (χ3n) is 3.04. The van der Waals surface area contributed by atoms with Crippen LogP contribution < -0.4 is 0 Å². The monoisotopic (exact) mass is 334 g/mol. The molecule has 10 heteroatoms. The normalized spacial score (nSPS) is 19.6. The van der Waals surface area contributed by atoms with E-state index in [0.29, 0.717) is 12.8 Å². The highest BCUT2D eigenvalue weighted by atomic mass is 32.2. The number of hydrogen-bond acceptors (Lipinski definition) is 7. The first-order valence-electron chi connectivity index (χ1n) is 6.24. The van der Waals surface area contributed by atoms with E-state index < -0.39 is 33.7 Å². The van der Waals surface area contributed by atoms with Crippen molar-refractivity contribution in [3.05, 3.63) is 11.2 Å². The van der Waals surface area contributed by atoms with Gasteiger partial charge in [-0.15, -0.1) is 11.3 Å². The van der Waals surface area contributed by atoms with E-state index in [4.69, 9.17) is 9.84 Å². The van der Waals surface area contributed by atoms with E-state index in [1.165, 1.54) is 0 Å². The fraction of sp³-hybridized carbons (Fsp3) is 0.545. The SMILES string of the molecule is CCOC(=O)C1CCCN1S(=O)(=O)c1scnc1C(=O)O. The number of sulfonamides is 1. The van der Waals surface area contributed by atoms with Crippen LogP contribution in [0.2, 0.25) is 0 Å². The van der Waals surface area contributed by atoms with Crippen LogP contribution in [0.15, 0.2) is 9.72 Å². The van der Waals surface area contributed by atoms with Crippen molar-refractivity contribution in [1.82, 2.24) is 9.29 Å². The third kappa shape index (κ3) is 2.92. The Balaban J connectivity index is 2.36. The highest BCUT2D eigenvalue weighted by Crippen LogP contribution is 2.30. The van der Waals surface area contributed by atoms with Crippen LogP contribution in [0.1, 0.15) is 30.3 Å². The van der Waals surface area contributed by atoms with Crippen molar-refractivity contribution in [2.45, 2.75) is 30.0 Å². The number of ether oxygens (including phenoxy) is 1. The zero-order valence-electron chi connectivity index (χ0n) is 11.2. The zero-order valence-corrected chi connectivity index (χ0v) is 12.8. The number of nitrogens with zero attached hydrogens (tertiary/aromatic N) is 2. The minimum absolute atomic E-state index is 0.156. The second-order valence-corrected chi connectivity index (χ2v) is 7.26. The minimum atomic E-state index is -4.08. The molecule has 0 bridgehead atoms. The fourth-order valence-electron chi connectivity index (χ4n) is 2.17. The molecule has 0 aliphatic carbocycles. The van der Waals surface area contributed by atoms with Crippen LogP contribution in [0.3, 0.4) is 0 Å². The third-order valence-corrected chi connectivity index (χ3v) is 6.30. The average molecular weight is 334 g/mol. The van der Waals surface area contributed by atoms with Crippen LogP contribution in [0.5, 0.6) is 0 Å². The molecule has 0 radical (unpaired) electrons. The molecule has 8 nitrogen and oxygen atoms in total. The Hall–Kier alpha value is -1.52. The number of esters is 1. The molecule has 1 aliphatic heterocycles. The summed E-state index contributed by atoms with van der Waals surface area (Å²) in [5.74, 6) is -2.03. The summed E-state index contributed by atoms with van der Waals surface area (Å²) in [5, 5.41) is 8.99. The molecule has 1 N–H and O–H groups in total. The van der Waals surface area contributed by atoms with Gasteiger partial charge in [0, 0.05) is 6.54 Å². The van der Waals surface area contributed by atoms with E-state index in [0.717, 1.165) is 21.2 Å². The molecule has 21 heavy (non-hydrogen) atoms. The molecule has 1 saturated heterocycles. The molecule has 1 aliphatic rings. The number of rotatable bonds is 5. The molecule has 1 aromatic rings. The standard InChI is InChI=1S/C11H14N2O6S2/c1-2-19-10(16)7-4-3-5-13(7)21(17,18)11-8(9(14)15)12-6-20-11/h6-7H,2-5H2,1H3,(H,14,15). The number of hydrogen-bond donors (Lipinski definition) is 1. The van der Waals surface area contributed by atoms with Gasteiger partial charge in [0.2, 0.25) is 0 Å². The van der Waals surface area contributed by atoms with Crippen molar-refractivity contribution in [1.29, 1.82) is 0 Å². The molecular weight excluding hydrogens is 320 g/mol. The lowest BCUT2D eigenvalue weighted by Crippen LogP contribution is -2.41. The lowest BCUT2D eigenvalue weighted by molar-refractivity contribution is -0.146. The van der Waals surface area contributed by atoms with Gasteiger partial charge in [-0.1, -0.05) is 0 Å². The highest BCUT2D eigenvalue weighted by Gasteiger charge is 2.42. The molecule has 1 fully saturated rings. The number of carbonyl (C=O) groups excluding carboxylic acids is 1. The van der Waals surface area contributed by atoms with Gasteiger partial charge in [-0.25, -0.2) is 18.2 Å². The van der Waals surface area contributed by atoms with Crippen LogP contribution in [-0.2, 0) is 19.6 Å². The van der Waals surface area contributed by atoms with Crippen LogP contribution in [0.4, 0.5) is 0 Å². The van der Waals surface area contributed by atoms with Crippen LogP contribution in [0, 0.1) is 0 Å². The van der Waals surface area contributed by atoms with Gasteiger partial charge in [0.15, 0.2) is 9.90 Å². The summed E-state index contributed by atoms with van der Waals surface area (Å²) in [4.78, 5) is 26.4. The van der Waals surface area contributed by atoms with E-state index in [2.05, 4.69) is 4.98 Å². The van der Waals surface area contributed by atoms with E-state index in [1.807, 2.05) is 0 Å². The van der Waals surface area contributed by atoms with Gasteiger partial charge >= 0.3 is 11.9 Å². The van der Waals surface area contributed by atoms with Crippen LogP contribution >= 0.6 is 11.3 Å². The molecule has 2 heterocycles. The number of thiazole rings is 1. The maximum Gasteiger partial charge on any atom is 0.356 e. The summed E-state index contributed by atoms with van der Waals surface area (Å²) in [6, 6.07) is -0.904. The Morgan fingerprint density at radius 3 is 2.90 bits per heavy atom. The molecule has 1 aromatic heterocycles. The Kier molecular flexibility index (Phi) is 4.59. The molecule has 0 aromatic carbocycles. The molecule has 1 atom stereocenters. The van der Waals surface area contributed by atoms with Crippen molar-refractivity contribution >= 4 is 33.3 Å². The van der Waals surface area contributed by atoms with Crippen molar-refractivity contribution in [3.63, 3.8) is 0 Å². The van der Waals surface area contributed by atoms with Crippen molar-refractivity contribution in [3.8, 4) is 0 Å². The first kappa shape index (κ1) is 15.9. The Morgan fingerprint density at radius 1 is 1.57 bits per heavy atom. The van der Waals surface area contributed by atoms with Crippen LogP contribution in [0.25, 0.3) is 0 Å². The highest BCUT2D eigenvalue weighted by molar-refractivity contribution is 7.91. The van der Waals surface area contributed by atoms with Gasteiger partial charge in [0.25, 0.3) is 10.0 Å². The topological polar surface area (TPSA) is 114 Å². The molecule has 0 amide bonds. The lowest BCUT2D eigenvalue weighted by atomic mass is 10.2. The number of carboxylic acid groups (broad SMARTS) is 1. The quantitative estimate of drug-likeness (QED) is 0.782. The molecule has 116 valence electrons. The van der Waals surface area contributed by atoms with Gasteiger partial charge in [-0.05, 0) is 19.8 Å². The van der Waals surface area contributed by atoms with Gasteiger partial charge < -0.3 is 9.84 Å². The minimum Gasteiger partial charge on any atom is -0.476 e. The summed E-state index contributed by atoms with van der Waals surface area (Å²) in [5.41, 5.74) is 0.640. The van der Waals surface area contributed by atoms with Crippen molar-refractivity contribution in [2.24, 2.45) is 0 Å². The van der Waals surface area contributed by atoms with Gasteiger partial charge in [0.05, 0.1) is 12.1 Å². The smallest absolute Gasteiger partial charge is 0.356 e. The maximum absolute atomic E-state index is 12.6. The summed E-state index contributed by atoms with van der Waals surface area (Å²) < 4.78 is 30.7. The molecule has 2 rings (SSSR count). The van der Waals surface area contributed by atoms with Gasteiger partial charge in [-0.3, -0.25) is 4.79 Å². The number of aromatic carboxylic acids is 1. The van der Waals surface area contributed by atoms with E-state index in [-0.39, 0.29) is 17.4 Å². The second-order valence-electron chi connectivity index (χ2n) is 4.32. The molecule has 1 unspecified atom stereocenters.